The van der Waals surface area contributed by atoms with E-state index in [0.717, 1.165) is 0 Å². The Labute approximate surface area is 83.2 Å². The topological polar surface area (TPSA) is 45.2 Å². The third-order valence-electron chi connectivity index (χ3n) is 1.87. The fourth-order valence-electron chi connectivity index (χ4n) is 1.24. The highest BCUT2D eigenvalue weighted by Crippen LogP contribution is 2.29. The van der Waals surface area contributed by atoms with Gasteiger partial charge in [-0.3, -0.25) is 0 Å². The van der Waals surface area contributed by atoms with Crippen LogP contribution in [0.5, 0.6) is 0 Å². The molecule has 0 unspecified atom stereocenters. The van der Waals surface area contributed by atoms with Gasteiger partial charge in [0.1, 0.15) is 11.5 Å². The summed E-state index contributed by atoms with van der Waals surface area (Å²) in [6, 6.07) is 2.67. The molecule has 0 aliphatic heterocycles. The highest BCUT2D eigenvalue weighted by atomic mass is 35.5. The zero-order valence-corrected chi connectivity index (χ0v) is 7.60. The van der Waals surface area contributed by atoms with Crippen LogP contribution in [-0.2, 0) is 4.79 Å². The summed E-state index contributed by atoms with van der Waals surface area (Å²) in [5.74, 6) is -0.511. The number of aliphatic imine (C=N–C) groups is 1. The largest absolute Gasteiger partial charge is 0.359 e. The third-order valence-corrected chi connectivity index (χ3v) is 2.16. The molecule has 14 heavy (non-hydrogen) atoms. The van der Waals surface area contributed by atoms with E-state index in [1.807, 2.05) is 0 Å². The van der Waals surface area contributed by atoms with E-state index in [4.69, 9.17) is 11.6 Å². The second kappa shape index (κ2) is 3.25. The molecule has 0 bridgehead atoms. The molecule has 1 heterocycles. The molecule has 1 N–H and O–H groups in total. The summed E-state index contributed by atoms with van der Waals surface area (Å²) in [6.45, 7) is 0. The van der Waals surface area contributed by atoms with Gasteiger partial charge in [-0.2, -0.15) is 4.99 Å². The van der Waals surface area contributed by atoms with Gasteiger partial charge in [0.2, 0.25) is 6.08 Å². The van der Waals surface area contributed by atoms with Crippen molar-refractivity contribution in [2.75, 3.05) is 0 Å². The summed E-state index contributed by atoms with van der Waals surface area (Å²) in [6.07, 6.45) is 2.91. The van der Waals surface area contributed by atoms with Crippen LogP contribution in [0.3, 0.4) is 0 Å². The van der Waals surface area contributed by atoms with Gasteiger partial charge in [0.25, 0.3) is 0 Å². The van der Waals surface area contributed by atoms with E-state index < -0.39 is 5.82 Å². The summed E-state index contributed by atoms with van der Waals surface area (Å²) in [7, 11) is 0. The maximum absolute atomic E-state index is 13.0. The molecule has 0 saturated carbocycles. The van der Waals surface area contributed by atoms with E-state index >= 15 is 0 Å². The molecule has 0 saturated heterocycles. The first-order valence-electron chi connectivity index (χ1n) is 3.76. The van der Waals surface area contributed by atoms with E-state index in [1.165, 1.54) is 24.4 Å². The van der Waals surface area contributed by atoms with E-state index in [-0.39, 0.29) is 5.02 Å². The van der Waals surface area contributed by atoms with Gasteiger partial charge in [-0.15, -0.1) is 0 Å². The molecule has 1 aromatic heterocycles. The lowest BCUT2D eigenvalue weighted by molar-refractivity contribution is 0.565. The first-order valence-corrected chi connectivity index (χ1v) is 4.14. The van der Waals surface area contributed by atoms with E-state index in [2.05, 4.69) is 9.98 Å². The van der Waals surface area contributed by atoms with Crippen molar-refractivity contribution in [2.24, 2.45) is 4.99 Å². The molecule has 0 spiro atoms. The second-order valence-electron chi connectivity index (χ2n) is 2.69. The number of nitrogens with one attached hydrogen (secondary N) is 1. The van der Waals surface area contributed by atoms with Crippen molar-refractivity contribution in [1.82, 2.24) is 4.98 Å². The Morgan fingerprint density at radius 1 is 1.50 bits per heavy atom. The molecular formula is C9H4ClFN2O. The molecule has 0 atom stereocenters. The first-order chi connectivity index (χ1) is 6.72. The van der Waals surface area contributed by atoms with Gasteiger partial charge in [0.15, 0.2) is 0 Å². The molecule has 70 valence electrons. The van der Waals surface area contributed by atoms with Crippen molar-refractivity contribution in [3.05, 3.63) is 29.2 Å². The lowest BCUT2D eigenvalue weighted by Crippen LogP contribution is -1.76. The van der Waals surface area contributed by atoms with Crippen molar-refractivity contribution in [3.8, 4) is 0 Å². The number of aromatic amines is 1. The Balaban J connectivity index is 2.79. The minimum atomic E-state index is -0.511. The lowest BCUT2D eigenvalue weighted by Gasteiger charge is -1.94. The molecule has 2 rings (SSSR count). The Morgan fingerprint density at radius 2 is 2.29 bits per heavy atom. The van der Waals surface area contributed by atoms with Gasteiger partial charge in [-0.1, -0.05) is 11.6 Å². The number of aromatic nitrogens is 1. The van der Waals surface area contributed by atoms with Crippen LogP contribution in [0.25, 0.3) is 10.9 Å². The van der Waals surface area contributed by atoms with Gasteiger partial charge in [-0.05, 0) is 12.1 Å². The van der Waals surface area contributed by atoms with Crippen LogP contribution in [0.4, 0.5) is 10.1 Å². The smallest absolute Gasteiger partial charge is 0.240 e. The highest BCUT2D eigenvalue weighted by Gasteiger charge is 2.07. The van der Waals surface area contributed by atoms with E-state index in [0.29, 0.717) is 16.6 Å². The summed E-state index contributed by atoms with van der Waals surface area (Å²) < 4.78 is 13.0. The molecular weight excluding hydrogens is 207 g/mol. The number of halogens is 2. The maximum atomic E-state index is 13.0. The number of hydrogen-bond donors (Lipinski definition) is 1. The number of benzene rings is 1. The predicted molar refractivity (Wildman–Crippen MR) is 51.0 cm³/mol. The molecule has 0 aliphatic rings. The molecule has 1 aromatic carbocycles. The van der Waals surface area contributed by atoms with Crippen LogP contribution in [-0.4, -0.2) is 11.1 Å². The number of isocyanates is 1. The molecule has 0 amide bonds. The Morgan fingerprint density at radius 3 is 3.00 bits per heavy atom. The van der Waals surface area contributed by atoms with Crippen molar-refractivity contribution in [2.45, 2.75) is 0 Å². The van der Waals surface area contributed by atoms with Gasteiger partial charge in [0.05, 0.1) is 10.5 Å². The van der Waals surface area contributed by atoms with Crippen LogP contribution in [0.2, 0.25) is 5.02 Å². The Kier molecular flexibility index (Phi) is 2.08. The number of nitrogens with zero attached hydrogens (tertiary/aromatic N) is 1. The molecule has 3 nitrogen and oxygen atoms in total. The molecule has 0 fully saturated rings. The van der Waals surface area contributed by atoms with E-state index in [9.17, 15) is 9.18 Å². The predicted octanol–water partition coefficient (Wildman–Crippen LogP) is 2.93. The standard InChI is InChI=1S/C9H4ClFN2O/c10-6-1-5-8(2-7(6)11)12-3-9(5)13-4-14/h1-3,12H. The Hall–Kier alpha value is -1.64. The number of rotatable bonds is 1. The molecule has 5 heteroatoms. The minimum absolute atomic E-state index is 0.000510. The van der Waals surface area contributed by atoms with E-state index in [1.54, 1.807) is 0 Å². The molecule has 2 aromatic rings. The fraction of sp³-hybridized carbons (Fsp3) is 0. The van der Waals surface area contributed by atoms with Crippen LogP contribution >= 0.6 is 11.6 Å². The van der Waals surface area contributed by atoms with Crippen LogP contribution < -0.4 is 0 Å². The average Bonchev–Trinajstić information content (AvgIpc) is 2.51. The number of fused-ring (bicyclic) bond motifs is 1. The number of H-pyrrole nitrogens is 1. The van der Waals surface area contributed by atoms with Crippen LogP contribution in [0.1, 0.15) is 0 Å². The van der Waals surface area contributed by atoms with Crippen LogP contribution in [0, 0.1) is 5.82 Å². The summed E-state index contributed by atoms with van der Waals surface area (Å²) in [4.78, 5) is 16.3. The fourth-order valence-corrected chi connectivity index (χ4v) is 1.41. The van der Waals surface area contributed by atoms with Gasteiger partial charge in [0, 0.05) is 11.6 Å². The quantitative estimate of drug-likeness (QED) is 0.571. The summed E-state index contributed by atoms with van der Waals surface area (Å²) in [5, 5.41) is 0.596. The lowest BCUT2D eigenvalue weighted by atomic mass is 10.2. The SMILES string of the molecule is O=C=Nc1c[nH]c2cc(F)c(Cl)cc12. The Bertz CT molecular complexity index is 543. The average molecular weight is 211 g/mol. The van der Waals surface area contributed by atoms with Crippen molar-refractivity contribution in [1.29, 1.82) is 0 Å². The van der Waals surface area contributed by atoms with Crippen molar-refractivity contribution >= 4 is 34.3 Å². The molecule has 0 radical (unpaired) electrons. The normalized spacial score (nSPS) is 10.1. The summed E-state index contributed by atoms with van der Waals surface area (Å²) in [5.41, 5.74) is 0.942. The first kappa shape index (κ1) is 8.94. The van der Waals surface area contributed by atoms with Crippen molar-refractivity contribution in [3.63, 3.8) is 0 Å². The number of carbonyl (C=O) groups excluding carboxylic acids is 1. The maximum Gasteiger partial charge on any atom is 0.240 e. The monoisotopic (exact) mass is 210 g/mol. The van der Waals surface area contributed by atoms with Gasteiger partial charge < -0.3 is 4.98 Å². The molecule has 0 aliphatic carbocycles. The highest BCUT2D eigenvalue weighted by molar-refractivity contribution is 6.31. The zero-order valence-electron chi connectivity index (χ0n) is 6.84. The summed E-state index contributed by atoms with van der Waals surface area (Å²) >= 11 is 5.59. The van der Waals surface area contributed by atoms with Gasteiger partial charge in [-0.25, -0.2) is 9.18 Å². The number of hydrogen-bond acceptors (Lipinski definition) is 2. The second-order valence-corrected chi connectivity index (χ2v) is 3.10. The zero-order chi connectivity index (χ0) is 10.1. The van der Waals surface area contributed by atoms with Crippen molar-refractivity contribution < 1.29 is 9.18 Å². The van der Waals surface area contributed by atoms with Gasteiger partial charge >= 0.3 is 0 Å². The minimum Gasteiger partial charge on any atom is -0.359 e. The van der Waals surface area contributed by atoms with Crippen LogP contribution in [0.15, 0.2) is 23.3 Å². The third kappa shape index (κ3) is 1.31.